The Bertz CT molecular complexity index is 722. The number of aliphatic hydroxyl groups is 1. The smallest absolute Gasteiger partial charge is 0.222 e. The van der Waals surface area contributed by atoms with Crippen LogP contribution in [0.5, 0.6) is 0 Å². The Morgan fingerprint density at radius 3 is 2.48 bits per heavy atom. The van der Waals surface area contributed by atoms with E-state index in [2.05, 4.69) is 27.4 Å². The third-order valence-electron chi connectivity index (χ3n) is 8.60. The number of ether oxygens (including phenoxy) is 2. The van der Waals surface area contributed by atoms with E-state index >= 15 is 0 Å². The fraction of sp³-hybridized carbons (Fsp3) is 0.783. The van der Waals surface area contributed by atoms with Crippen LogP contribution >= 0.6 is 0 Å². The van der Waals surface area contributed by atoms with Crippen LogP contribution in [-0.4, -0.2) is 29.4 Å². The van der Waals surface area contributed by atoms with E-state index in [1.165, 1.54) is 0 Å². The van der Waals surface area contributed by atoms with Crippen molar-refractivity contribution in [1.29, 1.82) is 0 Å². The number of ketones is 1. The van der Waals surface area contributed by atoms with E-state index in [1.54, 1.807) is 0 Å². The number of carbonyl (C=O) groups excluding carboxylic acids is 1. The zero-order chi connectivity index (χ0) is 19.8. The topological polar surface area (TPSA) is 55.8 Å². The van der Waals surface area contributed by atoms with Gasteiger partial charge in [-0.2, -0.15) is 0 Å². The number of aliphatic hydroxyl groups excluding tert-OH is 1. The molecule has 4 heteroatoms. The number of hydrogen-bond acceptors (Lipinski definition) is 4. The minimum absolute atomic E-state index is 0.0686. The first kappa shape index (κ1) is 19.2. The van der Waals surface area contributed by atoms with Crippen molar-refractivity contribution in [2.24, 2.45) is 28.1 Å². The fourth-order valence-electron chi connectivity index (χ4n) is 6.54. The minimum atomic E-state index is -0.491. The highest BCUT2D eigenvalue weighted by molar-refractivity contribution is 6.08. The molecule has 3 fully saturated rings. The molecule has 0 aromatic heterocycles. The van der Waals surface area contributed by atoms with E-state index in [4.69, 9.17) is 9.47 Å². The first-order chi connectivity index (χ1) is 12.4. The summed E-state index contributed by atoms with van der Waals surface area (Å²) < 4.78 is 12.1. The Balaban J connectivity index is 1.63. The predicted octanol–water partition coefficient (Wildman–Crippen LogP) is 4.95. The highest BCUT2D eigenvalue weighted by atomic mass is 16.7. The van der Waals surface area contributed by atoms with Crippen LogP contribution in [0, 0.1) is 28.1 Å². The molecule has 0 radical (unpaired) electrons. The van der Waals surface area contributed by atoms with Crippen molar-refractivity contribution >= 4 is 5.78 Å². The van der Waals surface area contributed by atoms with Crippen molar-refractivity contribution < 1.29 is 19.4 Å². The second kappa shape index (κ2) is 5.70. The number of hydrogen-bond donors (Lipinski definition) is 1. The van der Waals surface area contributed by atoms with Gasteiger partial charge in [-0.3, -0.25) is 4.79 Å². The molecule has 0 aromatic rings. The van der Waals surface area contributed by atoms with Gasteiger partial charge in [-0.15, -0.1) is 0 Å². The molecule has 1 unspecified atom stereocenters. The van der Waals surface area contributed by atoms with Crippen LogP contribution in [0.15, 0.2) is 24.0 Å². The molecule has 1 aliphatic heterocycles. The highest BCUT2D eigenvalue weighted by Crippen LogP contribution is 2.66. The van der Waals surface area contributed by atoms with Crippen molar-refractivity contribution in [2.75, 3.05) is 6.61 Å². The molecular weight excluding hydrogens is 340 g/mol. The number of carbonyl (C=O) groups is 1. The van der Waals surface area contributed by atoms with E-state index in [9.17, 15) is 9.90 Å². The zero-order valence-corrected chi connectivity index (χ0v) is 17.4. The van der Waals surface area contributed by atoms with E-state index in [-0.39, 0.29) is 39.8 Å². The fourth-order valence-corrected chi connectivity index (χ4v) is 6.54. The molecule has 1 saturated heterocycles. The predicted molar refractivity (Wildman–Crippen MR) is 104 cm³/mol. The number of rotatable bonds is 1. The van der Waals surface area contributed by atoms with Crippen LogP contribution < -0.4 is 0 Å². The Morgan fingerprint density at radius 1 is 1.15 bits per heavy atom. The number of fused-ring (bicyclic) bond motifs is 3. The highest BCUT2D eigenvalue weighted by Gasteiger charge is 2.60. The number of Topliss-reactive ketones (excluding diaryl/α,β-unsaturated/α-hetero) is 1. The van der Waals surface area contributed by atoms with E-state index < -0.39 is 5.79 Å². The Kier molecular flexibility index (Phi) is 4.05. The van der Waals surface area contributed by atoms with Gasteiger partial charge in [0.1, 0.15) is 0 Å². The molecule has 3 aliphatic carbocycles. The summed E-state index contributed by atoms with van der Waals surface area (Å²) in [6.45, 7) is 15.6. The number of allylic oxidation sites excluding steroid dienone is 2. The Labute approximate surface area is 163 Å². The van der Waals surface area contributed by atoms with Crippen LogP contribution in [-0.2, 0) is 14.3 Å². The molecule has 4 aliphatic rings. The maximum absolute atomic E-state index is 12.3. The van der Waals surface area contributed by atoms with Gasteiger partial charge in [0.25, 0.3) is 0 Å². The van der Waals surface area contributed by atoms with Gasteiger partial charge in [-0.05, 0) is 74.7 Å². The molecular formula is C23H34O4. The van der Waals surface area contributed by atoms with Gasteiger partial charge in [0.15, 0.2) is 11.5 Å². The lowest BCUT2D eigenvalue weighted by Crippen LogP contribution is -2.56. The van der Waals surface area contributed by atoms with Crippen LogP contribution in [0.1, 0.15) is 66.7 Å². The van der Waals surface area contributed by atoms with Gasteiger partial charge < -0.3 is 14.6 Å². The maximum atomic E-state index is 12.3. The van der Waals surface area contributed by atoms with Crippen LogP contribution in [0.2, 0.25) is 0 Å². The van der Waals surface area contributed by atoms with Gasteiger partial charge in [0.05, 0.1) is 12.7 Å². The molecule has 6 atom stereocenters. The van der Waals surface area contributed by atoms with Gasteiger partial charge in [0, 0.05) is 11.0 Å². The largest absolute Gasteiger partial charge is 0.504 e. The summed E-state index contributed by atoms with van der Waals surface area (Å²) >= 11 is 0. The minimum Gasteiger partial charge on any atom is -0.504 e. The standard InChI is InChI=1S/C23H34O4/c1-14-19(25)16(24)11-17-22(14,5)8-7-15-12-21(4,9-10-23(15,17)6)18-13-26-20(2,3)27-18/h11,15,17-18,24H,1,7-10,12-13H2,2-6H3/t15-,17-,18?,21-,22+,23-/m0/s1. The lowest BCUT2D eigenvalue weighted by Gasteiger charge is -2.61. The SMILES string of the molecule is C=C1C(=O)C(O)=C[C@@H]2[C@@]3(C)CC[C@](C)(C4COC(C)(C)O4)C[C@@H]3CC[C@]12C. The molecule has 1 heterocycles. The lowest BCUT2D eigenvalue weighted by atomic mass is 9.43. The van der Waals surface area contributed by atoms with E-state index in [0.29, 0.717) is 18.1 Å². The van der Waals surface area contributed by atoms with Gasteiger partial charge in [-0.25, -0.2) is 0 Å². The van der Waals surface area contributed by atoms with Crippen molar-refractivity contribution in [3.63, 3.8) is 0 Å². The summed E-state index contributed by atoms with van der Waals surface area (Å²) in [6, 6.07) is 0. The molecule has 27 heavy (non-hydrogen) atoms. The van der Waals surface area contributed by atoms with Gasteiger partial charge in [0.2, 0.25) is 5.78 Å². The second-order valence-corrected chi connectivity index (χ2v) is 10.7. The van der Waals surface area contributed by atoms with E-state index in [0.717, 1.165) is 32.1 Å². The quantitative estimate of drug-likeness (QED) is 0.660. The first-order valence-corrected chi connectivity index (χ1v) is 10.4. The third-order valence-corrected chi connectivity index (χ3v) is 8.60. The van der Waals surface area contributed by atoms with Crippen molar-refractivity contribution in [3.8, 4) is 0 Å². The molecule has 0 bridgehead atoms. The summed E-state index contributed by atoms with van der Waals surface area (Å²) in [4.78, 5) is 12.3. The molecule has 0 amide bonds. The molecule has 150 valence electrons. The zero-order valence-electron chi connectivity index (χ0n) is 17.4. The molecule has 4 nitrogen and oxygen atoms in total. The molecule has 0 spiro atoms. The summed E-state index contributed by atoms with van der Waals surface area (Å²) in [6.07, 6.45) is 7.29. The summed E-state index contributed by atoms with van der Waals surface area (Å²) in [7, 11) is 0. The Hall–Kier alpha value is -1.13. The Morgan fingerprint density at radius 2 is 1.85 bits per heavy atom. The van der Waals surface area contributed by atoms with Crippen molar-refractivity contribution in [2.45, 2.75) is 78.6 Å². The second-order valence-electron chi connectivity index (χ2n) is 10.7. The van der Waals surface area contributed by atoms with Crippen molar-refractivity contribution in [3.05, 3.63) is 24.0 Å². The normalized spacial score (nSPS) is 49.4. The molecule has 1 N–H and O–H groups in total. The van der Waals surface area contributed by atoms with Crippen LogP contribution in [0.25, 0.3) is 0 Å². The van der Waals surface area contributed by atoms with E-state index in [1.807, 2.05) is 19.9 Å². The monoisotopic (exact) mass is 374 g/mol. The maximum Gasteiger partial charge on any atom is 0.222 e. The average Bonchev–Trinajstić information content (AvgIpc) is 2.97. The summed E-state index contributed by atoms with van der Waals surface area (Å²) in [5.41, 5.74) is 0.532. The lowest BCUT2D eigenvalue weighted by molar-refractivity contribution is -0.169. The van der Waals surface area contributed by atoms with Gasteiger partial charge in [-0.1, -0.05) is 27.4 Å². The van der Waals surface area contributed by atoms with Crippen molar-refractivity contribution in [1.82, 2.24) is 0 Å². The molecule has 0 aromatic carbocycles. The third kappa shape index (κ3) is 2.66. The van der Waals surface area contributed by atoms with Crippen LogP contribution in [0.3, 0.4) is 0 Å². The van der Waals surface area contributed by atoms with Crippen LogP contribution in [0.4, 0.5) is 0 Å². The van der Waals surface area contributed by atoms with Gasteiger partial charge >= 0.3 is 0 Å². The first-order valence-electron chi connectivity index (χ1n) is 10.4. The summed E-state index contributed by atoms with van der Waals surface area (Å²) in [5, 5.41) is 10.3. The molecule has 4 rings (SSSR count). The average molecular weight is 375 g/mol. The molecule has 2 saturated carbocycles. The summed E-state index contributed by atoms with van der Waals surface area (Å²) in [5.74, 6) is -0.153.